The van der Waals surface area contributed by atoms with Gasteiger partial charge in [0.1, 0.15) is 11.6 Å². The summed E-state index contributed by atoms with van der Waals surface area (Å²) in [5, 5.41) is 8.66. The van der Waals surface area contributed by atoms with Crippen LogP contribution >= 0.6 is 11.6 Å². The number of carbonyl (C=O) groups excluding carboxylic acids is 1. The van der Waals surface area contributed by atoms with Crippen LogP contribution in [0.5, 0.6) is 0 Å². The minimum absolute atomic E-state index is 0.218. The van der Waals surface area contributed by atoms with Crippen molar-refractivity contribution < 1.29 is 4.79 Å². The van der Waals surface area contributed by atoms with Crippen LogP contribution < -0.4 is 16.4 Å². The predicted octanol–water partition coefficient (Wildman–Crippen LogP) is 3.30. The molecule has 8 heteroatoms. The van der Waals surface area contributed by atoms with Crippen LogP contribution in [0.3, 0.4) is 0 Å². The maximum atomic E-state index is 12.6. The van der Waals surface area contributed by atoms with Gasteiger partial charge in [-0.25, -0.2) is 9.97 Å². The molecule has 1 amide bonds. The molecule has 7 nitrogen and oxygen atoms in total. The molecule has 0 atom stereocenters. The molecular weight excluding hydrogens is 400 g/mol. The van der Waals surface area contributed by atoms with Gasteiger partial charge >= 0.3 is 0 Å². The van der Waals surface area contributed by atoms with E-state index in [2.05, 4.69) is 32.5 Å². The van der Waals surface area contributed by atoms with E-state index in [-0.39, 0.29) is 5.91 Å². The smallest absolute Gasteiger partial charge is 0.253 e. The number of carbonyl (C=O) groups is 1. The minimum atomic E-state index is -0.218. The van der Waals surface area contributed by atoms with Crippen molar-refractivity contribution in [3.05, 3.63) is 58.9 Å². The summed E-state index contributed by atoms with van der Waals surface area (Å²) in [6, 6.07) is 9.75. The lowest BCUT2D eigenvalue weighted by Gasteiger charge is -2.30. The summed E-state index contributed by atoms with van der Waals surface area (Å²) in [5.74, 6) is 0.908. The van der Waals surface area contributed by atoms with E-state index in [0.717, 1.165) is 42.3 Å². The Morgan fingerprint density at radius 2 is 2.03 bits per heavy atom. The van der Waals surface area contributed by atoms with E-state index < -0.39 is 0 Å². The second kappa shape index (κ2) is 8.85. The summed E-state index contributed by atoms with van der Waals surface area (Å²) in [6.07, 6.45) is 5.33. The molecule has 0 unspecified atom stereocenters. The van der Waals surface area contributed by atoms with Gasteiger partial charge in [0.2, 0.25) is 0 Å². The lowest BCUT2D eigenvalue weighted by Crippen LogP contribution is -2.37. The van der Waals surface area contributed by atoms with Crippen molar-refractivity contribution in [2.75, 3.05) is 31.2 Å². The zero-order valence-corrected chi connectivity index (χ0v) is 17.6. The van der Waals surface area contributed by atoms with Crippen molar-refractivity contribution in [2.24, 2.45) is 0 Å². The van der Waals surface area contributed by atoms with Crippen LogP contribution in [0.15, 0.2) is 42.7 Å². The molecule has 4 rings (SSSR count). The highest BCUT2D eigenvalue weighted by Gasteiger charge is 2.18. The number of aromatic nitrogens is 2. The first-order chi connectivity index (χ1) is 14.5. The van der Waals surface area contributed by atoms with E-state index >= 15 is 0 Å². The number of pyridine rings is 2. The topological polar surface area (TPSA) is 96.2 Å². The number of nitrogens with two attached hydrogens (primary N) is 1. The molecule has 2 aromatic heterocycles. The quantitative estimate of drug-likeness (QED) is 0.581. The molecule has 4 N–H and O–H groups in total. The van der Waals surface area contributed by atoms with E-state index in [1.807, 2.05) is 24.3 Å². The zero-order valence-electron chi connectivity index (χ0n) is 16.9. The number of nitrogens with one attached hydrogen (secondary N) is 2. The number of anilines is 2. The molecule has 0 saturated carbocycles. The highest BCUT2D eigenvalue weighted by Crippen LogP contribution is 2.24. The average Bonchev–Trinajstić information content (AvgIpc) is 2.75. The van der Waals surface area contributed by atoms with Gasteiger partial charge in [-0.05, 0) is 62.1 Å². The molecule has 156 valence electrons. The van der Waals surface area contributed by atoms with Gasteiger partial charge in [0.05, 0.1) is 10.6 Å². The summed E-state index contributed by atoms with van der Waals surface area (Å²) in [4.78, 5) is 23.3. The van der Waals surface area contributed by atoms with Crippen LogP contribution in [0, 0.1) is 0 Å². The van der Waals surface area contributed by atoms with Crippen LogP contribution in [0.25, 0.3) is 10.8 Å². The number of hydrogen-bond acceptors (Lipinski definition) is 6. The lowest BCUT2D eigenvalue weighted by atomic mass is 10.1. The maximum absolute atomic E-state index is 12.6. The third-order valence-electron chi connectivity index (χ3n) is 5.48. The molecule has 0 spiro atoms. The van der Waals surface area contributed by atoms with Crippen LogP contribution in [-0.4, -0.2) is 47.0 Å². The van der Waals surface area contributed by atoms with E-state index in [0.29, 0.717) is 34.8 Å². The number of halogens is 1. The van der Waals surface area contributed by atoms with Crippen molar-refractivity contribution in [3.8, 4) is 0 Å². The van der Waals surface area contributed by atoms with Gasteiger partial charge in [-0.3, -0.25) is 4.79 Å². The van der Waals surface area contributed by atoms with Crippen molar-refractivity contribution in [1.82, 2.24) is 20.2 Å². The number of piperidine rings is 1. The van der Waals surface area contributed by atoms with Gasteiger partial charge in [0.25, 0.3) is 5.91 Å². The zero-order chi connectivity index (χ0) is 21.1. The number of nitrogens with zero attached hydrogens (tertiary/aromatic N) is 3. The van der Waals surface area contributed by atoms with Gasteiger partial charge in [-0.1, -0.05) is 23.7 Å². The predicted molar refractivity (Wildman–Crippen MR) is 121 cm³/mol. The Kier molecular flexibility index (Phi) is 6.01. The SMILES string of the molecule is CN1CCC(Nc2ncc(C(=O)NCc3ccc4c(N)nccc4c3)cc2Cl)CC1. The van der Waals surface area contributed by atoms with Gasteiger partial charge in [0, 0.05) is 30.4 Å². The van der Waals surface area contributed by atoms with Crippen molar-refractivity contribution in [3.63, 3.8) is 0 Å². The molecular formula is C22H25ClN6O. The third kappa shape index (κ3) is 4.63. The normalized spacial score (nSPS) is 15.3. The van der Waals surface area contributed by atoms with Crippen molar-refractivity contribution in [1.29, 1.82) is 0 Å². The molecule has 1 aliphatic rings. The van der Waals surface area contributed by atoms with Gasteiger partial charge < -0.3 is 21.3 Å². The number of rotatable bonds is 5. The number of amides is 1. The Bertz CT molecular complexity index is 1060. The Labute approximate surface area is 180 Å². The second-order valence-electron chi connectivity index (χ2n) is 7.71. The number of nitrogen functional groups attached to an aromatic ring is 1. The molecule has 3 aromatic rings. The molecule has 1 saturated heterocycles. The highest BCUT2D eigenvalue weighted by molar-refractivity contribution is 6.33. The molecule has 1 aliphatic heterocycles. The number of fused-ring (bicyclic) bond motifs is 1. The standard InChI is InChI=1S/C22H25ClN6O/c1-29-8-5-17(6-9-29)28-21-19(23)11-16(13-26-21)22(30)27-12-14-2-3-18-15(10-14)4-7-25-20(18)24/h2-4,7,10-11,13,17H,5-6,8-9,12H2,1H3,(H2,24,25)(H,26,28)(H,27,30). The molecule has 0 radical (unpaired) electrons. The Balaban J connectivity index is 1.38. The molecule has 1 fully saturated rings. The first-order valence-corrected chi connectivity index (χ1v) is 10.4. The summed E-state index contributed by atoms with van der Waals surface area (Å²) >= 11 is 6.39. The van der Waals surface area contributed by atoms with Crippen LogP contribution in [0.1, 0.15) is 28.8 Å². The Morgan fingerprint density at radius 3 is 2.80 bits per heavy atom. The number of hydrogen-bond donors (Lipinski definition) is 3. The molecule has 0 bridgehead atoms. The summed E-state index contributed by atoms with van der Waals surface area (Å²) in [5.41, 5.74) is 7.30. The van der Waals surface area contributed by atoms with Gasteiger partial charge in [0.15, 0.2) is 0 Å². The van der Waals surface area contributed by atoms with Crippen LogP contribution in [0.2, 0.25) is 5.02 Å². The lowest BCUT2D eigenvalue weighted by molar-refractivity contribution is 0.0950. The second-order valence-corrected chi connectivity index (χ2v) is 8.12. The van der Waals surface area contributed by atoms with E-state index in [4.69, 9.17) is 17.3 Å². The Hall–Kier alpha value is -2.90. The fourth-order valence-corrected chi connectivity index (χ4v) is 3.88. The highest BCUT2D eigenvalue weighted by atomic mass is 35.5. The van der Waals surface area contributed by atoms with Crippen molar-refractivity contribution in [2.45, 2.75) is 25.4 Å². The van der Waals surface area contributed by atoms with E-state index in [9.17, 15) is 4.79 Å². The Morgan fingerprint density at radius 1 is 1.23 bits per heavy atom. The van der Waals surface area contributed by atoms with E-state index in [1.54, 1.807) is 18.5 Å². The number of likely N-dealkylation sites (tertiary alicyclic amines) is 1. The summed E-state index contributed by atoms with van der Waals surface area (Å²) < 4.78 is 0. The largest absolute Gasteiger partial charge is 0.383 e. The van der Waals surface area contributed by atoms with Crippen LogP contribution in [-0.2, 0) is 6.54 Å². The van der Waals surface area contributed by atoms with E-state index in [1.165, 1.54) is 0 Å². The first-order valence-electron chi connectivity index (χ1n) is 10.0. The fraction of sp³-hybridized carbons (Fsp3) is 0.318. The summed E-state index contributed by atoms with van der Waals surface area (Å²) in [7, 11) is 2.12. The minimum Gasteiger partial charge on any atom is -0.383 e. The van der Waals surface area contributed by atoms with Crippen LogP contribution in [0.4, 0.5) is 11.6 Å². The molecule has 3 heterocycles. The third-order valence-corrected chi connectivity index (χ3v) is 5.76. The molecule has 0 aliphatic carbocycles. The summed E-state index contributed by atoms with van der Waals surface area (Å²) in [6.45, 7) is 2.49. The monoisotopic (exact) mass is 424 g/mol. The fourth-order valence-electron chi connectivity index (χ4n) is 3.66. The van der Waals surface area contributed by atoms with Crippen molar-refractivity contribution >= 4 is 39.9 Å². The number of benzene rings is 1. The van der Waals surface area contributed by atoms with Gasteiger partial charge in [-0.15, -0.1) is 0 Å². The first kappa shape index (κ1) is 20.4. The maximum Gasteiger partial charge on any atom is 0.253 e. The molecule has 1 aromatic carbocycles. The average molecular weight is 425 g/mol. The van der Waals surface area contributed by atoms with Gasteiger partial charge in [-0.2, -0.15) is 0 Å². The molecule has 30 heavy (non-hydrogen) atoms.